The van der Waals surface area contributed by atoms with E-state index in [1.807, 2.05) is 23.7 Å². The summed E-state index contributed by atoms with van der Waals surface area (Å²) in [7, 11) is 0. The molecule has 0 radical (unpaired) electrons. The number of rotatable bonds is 7. The first kappa shape index (κ1) is 21.9. The maximum atomic E-state index is 12.7. The smallest absolute Gasteiger partial charge is 0.411 e. The molecule has 2 N–H and O–H groups in total. The van der Waals surface area contributed by atoms with Crippen LogP contribution >= 0.6 is 11.6 Å². The lowest BCUT2D eigenvalue weighted by Crippen LogP contribution is -2.31. The number of ether oxygens (including phenoxy) is 1. The molecule has 0 unspecified atom stereocenters. The van der Waals surface area contributed by atoms with Crippen molar-refractivity contribution in [3.05, 3.63) is 82.6 Å². The minimum Gasteiger partial charge on any atom is -0.444 e. The molecular formula is C24H25ClN4O3. The van der Waals surface area contributed by atoms with Gasteiger partial charge < -0.3 is 10.1 Å². The number of anilines is 1. The van der Waals surface area contributed by atoms with Crippen molar-refractivity contribution in [2.24, 2.45) is 0 Å². The first-order valence-corrected chi connectivity index (χ1v) is 11.0. The summed E-state index contributed by atoms with van der Waals surface area (Å²) in [5.41, 5.74) is 2.97. The van der Waals surface area contributed by atoms with Crippen molar-refractivity contribution >= 4 is 29.3 Å². The summed E-state index contributed by atoms with van der Waals surface area (Å²) in [5.74, 6) is -0.144. The molecule has 166 valence electrons. The van der Waals surface area contributed by atoms with E-state index in [2.05, 4.69) is 15.7 Å². The molecule has 2 amide bonds. The van der Waals surface area contributed by atoms with Crippen LogP contribution in [-0.4, -0.2) is 21.8 Å². The topological polar surface area (TPSA) is 85.3 Å². The Balaban J connectivity index is 1.29. The second kappa shape index (κ2) is 9.87. The molecule has 1 aliphatic carbocycles. The van der Waals surface area contributed by atoms with E-state index in [4.69, 9.17) is 16.3 Å². The van der Waals surface area contributed by atoms with Gasteiger partial charge in [0.2, 0.25) is 0 Å². The van der Waals surface area contributed by atoms with E-state index in [0.717, 1.165) is 24.0 Å². The molecule has 1 heterocycles. The molecule has 0 bridgehead atoms. The summed E-state index contributed by atoms with van der Waals surface area (Å²) in [6, 6.07) is 16.3. The van der Waals surface area contributed by atoms with Gasteiger partial charge in [0.05, 0.1) is 12.1 Å². The van der Waals surface area contributed by atoms with Crippen LogP contribution in [0, 0.1) is 0 Å². The highest BCUT2D eigenvalue weighted by Crippen LogP contribution is 2.31. The van der Waals surface area contributed by atoms with Crippen molar-refractivity contribution in [2.45, 2.75) is 44.9 Å². The Bertz CT molecular complexity index is 1080. The lowest BCUT2D eigenvalue weighted by molar-refractivity contribution is 0.0921. The Hall–Kier alpha value is -3.32. The van der Waals surface area contributed by atoms with Crippen LogP contribution in [0.3, 0.4) is 0 Å². The van der Waals surface area contributed by atoms with E-state index in [0.29, 0.717) is 22.4 Å². The number of hydrogen-bond donors (Lipinski definition) is 2. The van der Waals surface area contributed by atoms with Gasteiger partial charge in [0.25, 0.3) is 5.91 Å². The van der Waals surface area contributed by atoms with Gasteiger partial charge in [0.15, 0.2) is 0 Å². The molecule has 8 heteroatoms. The minimum absolute atomic E-state index is 0.144. The van der Waals surface area contributed by atoms with Gasteiger partial charge in [-0.1, -0.05) is 35.9 Å². The summed E-state index contributed by atoms with van der Waals surface area (Å²) in [5, 5.41) is 10.7. The maximum absolute atomic E-state index is 12.7. The van der Waals surface area contributed by atoms with Crippen molar-refractivity contribution in [1.82, 2.24) is 15.1 Å². The Morgan fingerprint density at radius 2 is 1.84 bits per heavy atom. The van der Waals surface area contributed by atoms with E-state index in [9.17, 15) is 9.59 Å². The molecule has 1 atom stereocenters. The molecule has 0 aliphatic heterocycles. The van der Waals surface area contributed by atoms with Crippen LogP contribution in [0.2, 0.25) is 5.02 Å². The van der Waals surface area contributed by atoms with E-state index < -0.39 is 6.09 Å². The van der Waals surface area contributed by atoms with Crippen LogP contribution in [-0.2, 0) is 11.3 Å². The highest BCUT2D eigenvalue weighted by molar-refractivity contribution is 6.30. The monoisotopic (exact) mass is 452 g/mol. The standard InChI is InChI=1S/C24H25ClN4O3/c1-16(27-23(30)22-13-14-26-29(22)21-3-2-4-21)18-7-11-20(12-8-18)28-24(31)32-15-17-5-9-19(25)10-6-17/h5-14,16,21H,2-4,15H2,1H3,(H,27,30)(H,28,31)/t16-/m0/s1. The summed E-state index contributed by atoms with van der Waals surface area (Å²) < 4.78 is 7.06. The molecule has 3 aromatic rings. The van der Waals surface area contributed by atoms with Gasteiger partial charge in [-0.25, -0.2) is 4.79 Å². The normalized spacial score (nSPS) is 14.3. The molecular weight excluding hydrogens is 428 g/mol. The number of halogens is 1. The summed E-state index contributed by atoms with van der Waals surface area (Å²) in [6.07, 6.45) is 4.43. The fourth-order valence-electron chi connectivity index (χ4n) is 3.51. The molecule has 1 fully saturated rings. The third-order valence-electron chi connectivity index (χ3n) is 5.61. The molecule has 1 aromatic heterocycles. The number of benzene rings is 2. The van der Waals surface area contributed by atoms with Crippen molar-refractivity contribution in [2.75, 3.05) is 5.32 Å². The first-order valence-electron chi connectivity index (χ1n) is 10.6. The van der Waals surface area contributed by atoms with Gasteiger partial charge >= 0.3 is 6.09 Å². The van der Waals surface area contributed by atoms with Crippen molar-refractivity contribution in [3.63, 3.8) is 0 Å². The number of nitrogens with zero attached hydrogens (tertiary/aromatic N) is 2. The van der Waals surface area contributed by atoms with Gasteiger partial charge in [-0.3, -0.25) is 14.8 Å². The maximum Gasteiger partial charge on any atom is 0.411 e. The predicted octanol–water partition coefficient (Wildman–Crippen LogP) is 5.50. The van der Waals surface area contributed by atoms with Crippen LogP contribution in [0.5, 0.6) is 0 Å². The fraction of sp³-hybridized carbons (Fsp3) is 0.292. The zero-order valence-corrected chi connectivity index (χ0v) is 18.5. The predicted molar refractivity (Wildman–Crippen MR) is 123 cm³/mol. The van der Waals surface area contributed by atoms with Gasteiger partial charge in [-0.2, -0.15) is 5.10 Å². The Kier molecular flexibility index (Phi) is 6.75. The highest BCUT2D eigenvalue weighted by atomic mass is 35.5. The average molecular weight is 453 g/mol. The van der Waals surface area contributed by atoms with E-state index in [1.54, 1.807) is 48.7 Å². The van der Waals surface area contributed by atoms with Crippen LogP contribution in [0.25, 0.3) is 0 Å². The molecule has 0 spiro atoms. The number of carbonyl (C=O) groups excluding carboxylic acids is 2. The highest BCUT2D eigenvalue weighted by Gasteiger charge is 2.25. The third-order valence-corrected chi connectivity index (χ3v) is 5.86. The Labute approximate surface area is 191 Å². The zero-order valence-electron chi connectivity index (χ0n) is 17.8. The lowest BCUT2D eigenvalue weighted by atomic mass is 9.93. The molecule has 1 aliphatic rings. The SMILES string of the molecule is C[C@H](NC(=O)c1ccnn1C1CCC1)c1ccc(NC(=O)OCc2ccc(Cl)cc2)cc1. The fourth-order valence-corrected chi connectivity index (χ4v) is 3.63. The molecule has 4 rings (SSSR count). The van der Waals surface area contributed by atoms with Gasteiger partial charge in [-0.05, 0) is 67.6 Å². The second-order valence-electron chi connectivity index (χ2n) is 7.89. The van der Waals surface area contributed by atoms with Crippen LogP contribution in [0.1, 0.15) is 59.9 Å². The number of carbonyl (C=O) groups is 2. The van der Waals surface area contributed by atoms with Crippen LogP contribution < -0.4 is 10.6 Å². The van der Waals surface area contributed by atoms with Crippen molar-refractivity contribution < 1.29 is 14.3 Å². The molecule has 32 heavy (non-hydrogen) atoms. The molecule has 7 nitrogen and oxygen atoms in total. The Morgan fingerprint density at radius 3 is 2.50 bits per heavy atom. The molecule has 0 saturated heterocycles. The summed E-state index contributed by atoms with van der Waals surface area (Å²) >= 11 is 5.85. The van der Waals surface area contributed by atoms with Crippen LogP contribution in [0.4, 0.5) is 10.5 Å². The number of hydrogen-bond acceptors (Lipinski definition) is 4. The van der Waals surface area contributed by atoms with Crippen molar-refractivity contribution in [3.8, 4) is 0 Å². The Morgan fingerprint density at radius 1 is 1.12 bits per heavy atom. The second-order valence-corrected chi connectivity index (χ2v) is 8.33. The lowest BCUT2D eigenvalue weighted by Gasteiger charge is -2.27. The van der Waals surface area contributed by atoms with E-state index in [1.165, 1.54) is 6.42 Å². The quantitative estimate of drug-likeness (QED) is 0.495. The average Bonchev–Trinajstić information content (AvgIpc) is 3.22. The van der Waals surface area contributed by atoms with Gasteiger partial charge in [0.1, 0.15) is 12.3 Å². The van der Waals surface area contributed by atoms with Gasteiger partial charge in [0, 0.05) is 16.9 Å². The third kappa shape index (κ3) is 5.29. The van der Waals surface area contributed by atoms with Crippen LogP contribution in [0.15, 0.2) is 60.8 Å². The first-order chi connectivity index (χ1) is 15.5. The molecule has 2 aromatic carbocycles. The van der Waals surface area contributed by atoms with Crippen molar-refractivity contribution in [1.29, 1.82) is 0 Å². The van der Waals surface area contributed by atoms with E-state index in [-0.39, 0.29) is 18.6 Å². The summed E-state index contributed by atoms with van der Waals surface area (Å²) in [6.45, 7) is 2.08. The number of aromatic nitrogens is 2. The largest absolute Gasteiger partial charge is 0.444 e. The number of nitrogens with one attached hydrogen (secondary N) is 2. The van der Waals surface area contributed by atoms with E-state index >= 15 is 0 Å². The zero-order chi connectivity index (χ0) is 22.5. The molecule has 1 saturated carbocycles. The van der Waals surface area contributed by atoms with Gasteiger partial charge in [-0.15, -0.1) is 0 Å². The minimum atomic E-state index is -0.543. The summed E-state index contributed by atoms with van der Waals surface area (Å²) in [4.78, 5) is 24.8. The number of amides is 2.